The normalized spacial score (nSPS) is 19.0. The minimum absolute atomic E-state index is 0.110. The SMILES string of the molecule is CCC1(O)C(=O)OCc2c1cc1n(c2=O)Cc2cc3cc(O)ccc3nc2-1.[O]=[Zn]. The number of pyridine rings is 2. The van der Waals surface area contributed by atoms with Gasteiger partial charge < -0.3 is 19.5 Å². The first-order chi connectivity index (χ1) is 13.9. The molecule has 0 fully saturated rings. The van der Waals surface area contributed by atoms with Crippen molar-refractivity contribution in [1.29, 1.82) is 0 Å². The van der Waals surface area contributed by atoms with Gasteiger partial charge in [0.25, 0.3) is 5.56 Å². The molecule has 144 valence electrons. The molecular weight excluding hydrogens is 430 g/mol. The first kappa shape index (κ1) is 19.5. The molecule has 3 aromatic rings. The molecule has 2 N–H and O–H groups in total. The molecule has 29 heavy (non-hydrogen) atoms. The molecular formula is C20H16N2O6Zn. The number of hydrogen-bond donors (Lipinski definition) is 2. The molecule has 0 amide bonds. The van der Waals surface area contributed by atoms with Crippen molar-refractivity contribution >= 4 is 16.9 Å². The van der Waals surface area contributed by atoms with E-state index in [-0.39, 0.29) is 42.6 Å². The monoisotopic (exact) mass is 444 g/mol. The second-order valence-corrected chi connectivity index (χ2v) is 6.98. The van der Waals surface area contributed by atoms with Gasteiger partial charge in [-0.1, -0.05) is 6.92 Å². The van der Waals surface area contributed by atoms with E-state index in [9.17, 15) is 19.8 Å². The summed E-state index contributed by atoms with van der Waals surface area (Å²) in [4.78, 5) is 29.8. The van der Waals surface area contributed by atoms with Crippen LogP contribution in [0.2, 0.25) is 0 Å². The maximum atomic E-state index is 13.0. The Morgan fingerprint density at radius 3 is 2.72 bits per heavy atom. The van der Waals surface area contributed by atoms with Crippen LogP contribution in [0.4, 0.5) is 0 Å². The van der Waals surface area contributed by atoms with Crippen LogP contribution < -0.4 is 5.56 Å². The van der Waals surface area contributed by atoms with Crippen LogP contribution in [-0.4, -0.2) is 25.7 Å². The molecule has 8 nitrogen and oxygen atoms in total. The molecule has 1 unspecified atom stereocenters. The van der Waals surface area contributed by atoms with Gasteiger partial charge in [0.15, 0.2) is 5.60 Å². The van der Waals surface area contributed by atoms with Gasteiger partial charge in [0, 0.05) is 16.5 Å². The van der Waals surface area contributed by atoms with Crippen molar-refractivity contribution in [2.45, 2.75) is 32.1 Å². The van der Waals surface area contributed by atoms with Gasteiger partial charge in [-0.2, -0.15) is 0 Å². The third-order valence-electron chi connectivity index (χ3n) is 5.49. The van der Waals surface area contributed by atoms with Crippen LogP contribution >= 0.6 is 0 Å². The Labute approximate surface area is 174 Å². The number of phenolic OH excluding ortho intramolecular Hbond substituents is 1. The summed E-state index contributed by atoms with van der Waals surface area (Å²) in [7, 11) is 0. The van der Waals surface area contributed by atoms with Crippen molar-refractivity contribution in [2.75, 3.05) is 0 Å². The average molecular weight is 446 g/mol. The zero-order valence-electron chi connectivity index (χ0n) is 15.6. The zero-order chi connectivity index (χ0) is 20.9. The molecule has 2 aliphatic rings. The van der Waals surface area contributed by atoms with Crippen molar-refractivity contribution in [1.82, 2.24) is 9.55 Å². The van der Waals surface area contributed by atoms with Gasteiger partial charge in [-0.05, 0) is 36.8 Å². The summed E-state index contributed by atoms with van der Waals surface area (Å²) in [6.45, 7) is 1.87. The zero-order valence-corrected chi connectivity index (χ0v) is 18.6. The first-order valence-corrected chi connectivity index (χ1v) is 10.2. The number of aromatic hydroxyl groups is 1. The minimum atomic E-state index is -1.83. The molecule has 0 bridgehead atoms. The van der Waals surface area contributed by atoms with Crippen molar-refractivity contribution in [3.05, 3.63) is 57.4 Å². The van der Waals surface area contributed by atoms with E-state index in [4.69, 9.17) is 8.31 Å². The number of carbonyl (C=O) groups excluding carboxylic acids is 1. The number of carbonyl (C=O) groups is 1. The molecule has 0 spiro atoms. The van der Waals surface area contributed by atoms with Crippen molar-refractivity contribution in [3.8, 4) is 17.1 Å². The molecule has 2 aliphatic heterocycles. The van der Waals surface area contributed by atoms with E-state index in [1.807, 2.05) is 6.07 Å². The van der Waals surface area contributed by atoms with Crippen LogP contribution in [0.3, 0.4) is 0 Å². The van der Waals surface area contributed by atoms with Gasteiger partial charge in [0.2, 0.25) is 0 Å². The number of fused-ring (bicyclic) bond motifs is 5. The van der Waals surface area contributed by atoms with Crippen LogP contribution in [0, 0.1) is 0 Å². The number of nitrogens with zero attached hydrogens (tertiary/aromatic N) is 2. The Morgan fingerprint density at radius 1 is 1.24 bits per heavy atom. The van der Waals surface area contributed by atoms with E-state index in [1.165, 1.54) is 0 Å². The number of benzene rings is 1. The van der Waals surface area contributed by atoms with Crippen LogP contribution in [-0.2, 0) is 50.1 Å². The molecule has 0 saturated heterocycles. The molecule has 1 atom stereocenters. The van der Waals surface area contributed by atoms with Crippen molar-refractivity contribution < 1.29 is 41.6 Å². The standard InChI is InChI=1S/C20H16N2O5.O.Zn/c1-2-20(26)14-7-16-17-11(5-10-6-12(23)3-4-15(10)21-17)8-22(16)18(24)13(14)9-27-19(20)25;;/h3-7,23,26H,2,8-9H2,1H3;;. The Balaban J connectivity index is 0.000000994. The molecule has 4 heterocycles. The van der Waals surface area contributed by atoms with Crippen LogP contribution in [0.25, 0.3) is 22.3 Å². The van der Waals surface area contributed by atoms with Gasteiger partial charge in [-0.15, -0.1) is 0 Å². The van der Waals surface area contributed by atoms with E-state index < -0.39 is 11.6 Å². The third kappa shape index (κ3) is 2.76. The Kier molecular flexibility index (Phi) is 4.67. The Hall–Kier alpha value is -2.77. The molecule has 2 aromatic heterocycles. The number of cyclic esters (lactones) is 1. The number of hydrogen-bond acceptors (Lipinski definition) is 7. The van der Waals surface area contributed by atoms with Crippen molar-refractivity contribution in [3.63, 3.8) is 0 Å². The van der Waals surface area contributed by atoms with E-state index >= 15 is 0 Å². The summed E-state index contributed by atoms with van der Waals surface area (Å²) < 4.78 is 15.0. The average Bonchev–Trinajstić information content (AvgIpc) is 3.09. The maximum absolute atomic E-state index is 13.0. The molecule has 0 radical (unpaired) electrons. The predicted molar refractivity (Wildman–Crippen MR) is 96.9 cm³/mol. The summed E-state index contributed by atoms with van der Waals surface area (Å²) in [6.07, 6.45) is 0.110. The fraction of sp³-hybridized carbons (Fsp3) is 0.250. The molecule has 9 heteroatoms. The fourth-order valence-corrected chi connectivity index (χ4v) is 3.97. The first-order valence-electron chi connectivity index (χ1n) is 9.01. The summed E-state index contributed by atoms with van der Waals surface area (Å²) in [6, 6.07) is 8.48. The van der Waals surface area contributed by atoms with Gasteiger partial charge in [0.1, 0.15) is 12.4 Å². The number of rotatable bonds is 1. The van der Waals surface area contributed by atoms with Gasteiger partial charge in [-0.25, -0.2) is 9.78 Å². The summed E-state index contributed by atoms with van der Waals surface area (Å²) in [5, 5.41) is 21.3. The van der Waals surface area contributed by atoms with Crippen LogP contribution in [0.5, 0.6) is 5.75 Å². The van der Waals surface area contributed by atoms with E-state index in [0.717, 1.165) is 10.9 Å². The molecule has 5 rings (SSSR count). The number of aliphatic hydroxyl groups is 1. The second kappa shape index (κ2) is 6.93. The molecule has 0 saturated carbocycles. The van der Waals surface area contributed by atoms with Crippen molar-refractivity contribution in [2.24, 2.45) is 0 Å². The van der Waals surface area contributed by atoms with Crippen LogP contribution in [0.1, 0.15) is 30.0 Å². The summed E-state index contributed by atoms with van der Waals surface area (Å²) >= 11 is 0.125. The van der Waals surface area contributed by atoms with Gasteiger partial charge >= 0.3 is 27.8 Å². The molecule has 1 aromatic carbocycles. The van der Waals surface area contributed by atoms with Gasteiger partial charge in [-0.3, -0.25) is 4.79 Å². The van der Waals surface area contributed by atoms with E-state index in [2.05, 4.69) is 4.98 Å². The fourth-order valence-electron chi connectivity index (χ4n) is 3.97. The van der Waals surface area contributed by atoms with Gasteiger partial charge in [0.05, 0.1) is 29.0 Å². The topological polar surface area (TPSA) is 119 Å². The van der Waals surface area contributed by atoms with Crippen LogP contribution in [0.15, 0.2) is 35.1 Å². The number of phenols is 1. The molecule has 0 aliphatic carbocycles. The second-order valence-electron chi connectivity index (χ2n) is 6.98. The summed E-state index contributed by atoms with van der Waals surface area (Å²) in [5.74, 6) is -0.585. The quantitative estimate of drug-likeness (QED) is 0.338. The predicted octanol–water partition coefficient (Wildman–Crippen LogP) is 1.66. The van der Waals surface area contributed by atoms with E-state index in [0.29, 0.717) is 34.6 Å². The Morgan fingerprint density at radius 2 is 2.00 bits per heavy atom. The number of ether oxygens (including phenoxy) is 1. The summed E-state index contributed by atoms with van der Waals surface area (Å²) in [5.41, 5.74) is 1.25. The number of aromatic nitrogens is 2. The number of esters is 1. The van der Waals surface area contributed by atoms with E-state index in [1.54, 1.807) is 35.8 Å². The third-order valence-corrected chi connectivity index (χ3v) is 5.49. The Bertz CT molecular complexity index is 1240.